The van der Waals surface area contributed by atoms with Gasteiger partial charge in [-0.15, -0.1) is 0 Å². The summed E-state index contributed by atoms with van der Waals surface area (Å²) in [7, 11) is 0. The average molecular weight is 316 g/mol. The maximum atomic E-state index is 13.0. The van der Waals surface area contributed by atoms with Gasteiger partial charge in [0, 0.05) is 36.3 Å². The zero-order chi connectivity index (χ0) is 15.6. The molecule has 0 bridgehead atoms. The summed E-state index contributed by atoms with van der Waals surface area (Å²) in [4.78, 5) is 19.4. The molecule has 3 aliphatic rings. The number of carbonyl (C=O) groups is 1. The fourth-order valence-electron chi connectivity index (χ4n) is 3.70. The Morgan fingerprint density at radius 3 is 2.65 bits per heavy atom. The van der Waals surface area contributed by atoms with Gasteiger partial charge in [0.2, 0.25) is 5.88 Å². The first-order valence-corrected chi connectivity index (χ1v) is 8.84. The zero-order valence-electron chi connectivity index (χ0n) is 13.4. The lowest BCUT2D eigenvalue weighted by Crippen LogP contribution is -2.40. The molecule has 0 aromatic carbocycles. The van der Waals surface area contributed by atoms with Gasteiger partial charge in [-0.2, -0.15) is 0 Å². The smallest absolute Gasteiger partial charge is 0.254 e. The molecule has 1 amide bonds. The van der Waals surface area contributed by atoms with Crippen LogP contribution in [-0.2, 0) is 4.74 Å². The molecule has 1 saturated heterocycles. The van der Waals surface area contributed by atoms with Crippen molar-refractivity contribution in [3.63, 3.8) is 0 Å². The molecule has 3 fully saturated rings. The summed E-state index contributed by atoms with van der Waals surface area (Å²) in [5.74, 6) is 0.683. The van der Waals surface area contributed by atoms with Crippen molar-refractivity contribution in [3.05, 3.63) is 23.9 Å². The number of ether oxygens (including phenoxy) is 2. The monoisotopic (exact) mass is 316 g/mol. The van der Waals surface area contributed by atoms with E-state index >= 15 is 0 Å². The number of aromatic nitrogens is 1. The minimum atomic E-state index is 0.0576. The highest BCUT2D eigenvalue weighted by Crippen LogP contribution is 2.35. The van der Waals surface area contributed by atoms with E-state index in [4.69, 9.17) is 9.47 Å². The Balaban J connectivity index is 1.50. The van der Waals surface area contributed by atoms with Crippen LogP contribution in [0.2, 0.25) is 0 Å². The topological polar surface area (TPSA) is 51.7 Å². The molecule has 0 unspecified atom stereocenters. The molecular formula is C18H24N2O3. The van der Waals surface area contributed by atoms with Crippen LogP contribution in [0, 0.1) is 0 Å². The van der Waals surface area contributed by atoms with E-state index < -0.39 is 0 Å². The van der Waals surface area contributed by atoms with Crippen LogP contribution in [0.5, 0.6) is 5.88 Å². The maximum absolute atomic E-state index is 13.0. The van der Waals surface area contributed by atoms with E-state index in [1.54, 1.807) is 12.3 Å². The molecule has 1 aliphatic heterocycles. The van der Waals surface area contributed by atoms with E-state index in [1.807, 2.05) is 6.07 Å². The van der Waals surface area contributed by atoms with Crippen LogP contribution in [0.3, 0.4) is 0 Å². The third-order valence-electron chi connectivity index (χ3n) is 5.05. The molecule has 1 atom stereocenters. The summed E-state index contributed by atoms with van der Waals surface area (Å²) >= 11 is 0. The molecule has 0 spiro atoms. The number of rotatable bonds is 5. The molecule has 2 saturated carbocycles. The molecule has 2 aliphatic carbocycles. The molecule has 1 aromatic heterocycles. The van der Waals surface area contributed by atoms with Crippen LogP contribution < -0.4 is 4.74 Å². The van der Waals surface area contributed by atoms with Gasteiger partial charge in [0.25, 0.3) is 5.91 Å². The van der Waals surface area contributed by atoms with Gasteiger partial charge < -0.3 is 14.4 Å². The van der Waals surface area contributed by atoms with E-state index in [9.17, 15) is 4.79 Å². The average Bonchev–Trinajstić information content (AvgIpc) is 3.02. The Bertz CT molecular complexity index is 561. The fourth-order valence-corrected chi connectivity index (χ4v) is 3.70. The molecule has 23 heavy (non-hydrogen) atoms. The van der Waals surface area contributed by atoms with Crippen LogP contribution in [0.1, 0.15) is 55.3 Å². The molecule has 0 radical (unpaired) electrons. The second-order valence-corrected chi connectivity index (χ2v) is 6.87. The van der Waals surface area contributed by atoms with Crippen molar-refractivity contribution >= 4 is 5.91 Å². The zero-order valence-corrected chi connectivity index (χ0v) is 13.4. The Labute approximate surface area is 137 Å². The number of amides is 1. The van der Waals surface area contributed by atoms with Crippen molar-refractivity contribution in [2.24, 2.45) is 0 Å². The standard InChI is InChI=1S/C18H24N2O3/c21-18(20(15-5-6-15)14-3-1-2-4-14)13-7-9-19-17(11-13)23-16-8-10-22-12-16/h7,9,11,14-16H,1-6,8,10,12H2/t16-/m0/s1. The lowest BCUT2D eigenvalue weighted by Gasteiger charge is -2.29. The summed E-state index contributed by atoms with van der Waals surface area (Å²) in [6.45, 7) is 1.34. The summed E-state index contributed by atoms with van der Waals surface area (Å²) in [6, 6.07) is 4.48. The third-order valence-corrected chi connectivity index (χ3v) is 5.05. The van der Waals surface area contributed by atoms with Gasteiger partial charge in [0.15, 0.2) is 0 Å². The van der Waals surface area contributed by atoms with E-state index in [1.165, 1.54) is 12.8 Å². The lowest BCUT2D eigenvalue weighted by molar-refractivity contribution is 0.0663. The van der Waals surface area contributed by atoms with E-state index in [0.717, 1.165) is 38.7 Å². The summed E-state index contributed by atoms with van der Waals surface area (Å²) < 4.78 is 11.2. The number of nitrogens with zero attached hydrogens (tertiary/aromatic N) is 2. The molecule has 5 heteroatoms. The van der Waals surface area contributed by atoms with Gasteiger partial charge in [-0.3, -0.25) is 4.79 Å². The molecule has 4 rings (SSSR count). The highest BCUT2D eigenvalue weighted by atomic mass is 16.5. The predicted octanol–water partition coefficient (Wildman–Crippen LogP) is 2.80. The van der Waals surface area contributed by atoms with Gasteiger partial charge in [-0.05, 0) is 31.7 Å². The van der Waals surface area contributed by atoms with Crippen LogP contribution in [-0.4, -0.2) is 47.2 Å². The van der Waals surface area contributed by atoms with E-state index in [-0.39, 0.29) is 12.0 Å². The molecule has 1 aromatic rings. The first kappa shape index (κ1) is 14.9. The maximum Gasteiger partial charge on any atom is 0.254 e. The minimum Gasteiger partial charge on any atom is -0.472 e. The first-order chi connectivity index (χ1) is 11.3. The van der Waals surface area contributed by atoms with Gasteiger partial charge >= 0.3 is 0 Å². The van der Waals surface area contributed by atoms with E-state index in [2.05, 4.69) is 9.88 Å². The van der Waals surface area contributed by atoms with Crippen molar-refractivity contribution in [1.82, 2.24) is 9.88 Å². The number of pyridine rings is 1. The Kier molecular flexibility index (Phi) is 4.21. The number of hydrogen-bond acceptors (Lipinski definition) is 4. The third kappa shape index (κ3) is 3.34. The Morgan fingerprint density at radius 2 is 1.96 bits per heavy atom. The van der Waals surface area contributed by atoms with E-state index in [0.29, 0.717) is 30.1 Å². The molecule has 0 N–H and O–H groups in total. The van der Waals surface area contributed by atoms with Crippen molar-refractivity contribution in [2.75, 3.05) is 13.2 Å². The second-order valence-electron chi connectivity index (χ2n) is 6.87. The predicted molar refractivity (Wildman–Crippen MR) is 85.5 cm³/mol. The molecular weight excluding hydrogens is 292 g/mol. The van der Waals surface area contributed by atoms with Crippen molar-refractivity contribution in [3.8, 4) is 5.88 Å². The first-order valence-electron chi connectivity index (χ1n) is 8.84. The summed E-state index contributed by atoms with van der Waals surface area (Å²) in [5.41, 5.74) is 0.702. The summed E-state index contributed by atoms with van der Waals surface area (Å²) in [5, 5.41) is 0. The fraction of sp³-hybridized carbons (Fsp3) is 0.667. The second kappa shape index (κ2) is 6.48. The van der Waals surface area contributed by atoms with Crippen LogP contribution in [0.25, 0.3) is 0 Å². The quantitative estimate of drug-likeness (QED) is 0.838. The highest BCUT2D eigenvalue weighted by molar-refractivity contribution is 5.95. The Hall–Kier alpha value is -1.62. The van der Waals surface area contributed by atoms with Crippen LogP contribution >= 0.6 is 0 Å². The van der Waals surface area contributed by atoms with Crippen molar-refractivity contribution in [2.45, 2.75) is 63.1 Å². The number of carbonyl (C=O) groups excluding carboxylic acids is 1. The molecule has 2 heterocycles. The number of hydrogen-bond donors (Lipinski definition) is 0. The normalized spacial score (nSPS) is 24.8. The molecule has 124 valence electrons. The minimum absolute atomic E-state index is 0.0576. The van der Waals surface area contributed by atoms with Crippen LogP contribution in [0.4, 0.5) is 0 Å². The van der Waals surface area contributed by atoms with Crippen molar-refractivity contribution in [1.29, 1.82) is 0 Å². The van der Waals surface area contributed by atoms with Gasteiger partial charge in [0.1, 0.15) is 6.10 Å². The highest BCUT2D eigenvalue weighted by Gasteiger charge is 2.38. The lowest BCUT2D eigenvalue weighted by atomic mass is 10.1. The van der Waals surface area contributed by atoms with Crippen LogP contribution in [0.15, 0.2) is 18.3 Å². The largest absolute Gasteiger partial charge is 0.472 e. The van der Waals surface area contributed by atoms with Crippen molar-refractivity contribution < 1.29 is 14.3 Å². The Morgan fingerprint density at radius 1 is 1.17 bits per heavy atom. The molecule has 5 nitrogen and oxygen atoms in total. The SMILES string of the molecule is O=C(c1ccnc(O[C@H]2CCOC2)c1)N(C1CCCC1)C1CC1. The van der Waals surface area contributed by atoms with Gasteiger partial charge in [0.05, 0.1) is 13.2 Å². The summed E-state index contributed by atoms with van der Waals surface area (Å²) in [6.07, 6.45) is 9.70. The van der Waals surface area contributed by atoms with Gasteiger partial charge in [-0.1, -0.05) is 12.8 Å². The van der Waals surface area contributed by atoms with Gasteiger partial charge in [-0.25, -0.2) is 4.98 Å².